The molecule has 0 aliphatic heterocycles. The van der Waals surface area contributed by atoms with E-state index in [2.05, 4.69) is 10.7 Å². The number of hydrogen-bond acceptors (Lipinski definition) is 3. The molecule has 0 bridgehead atoms. The van der Waals surface area contributed by atoms with Crippen LogP contribution in [-0.4, -0.2) is 23.6 Å². The van der Waals surface area contributed by atoms with Gasteiger partial charge >= 0.3 is 0 Å². The van der Waals surface area contributed by atoms with Crippen molar-refractivity contribution < 1.29 is 22.4 Å². The molecule has 3 aromatic rings. The van der Waals surface area contributed by atoms with Gasteiger partial charge in [-0.15, -0.1) is 0 Å². The zero-order valence-corrected chi connectivity index (χ0v) is 17.9. The molecular formula is C24H23F4N3O2. The third kappa shape index (κ3) is 4.44. The molecular weight excluding hydrogens is 438 g/mol. The number of pyridine rings is 1. The summed E-state index contributed by atoms with van der Waals surface area (Å²) < 4.78 is 54.9. The Balaban J connectivity index is 1.81. The Morgan fingerprint density at radius 2 is 1.88 bits per heavy atom. The number of fused-ring (bicyclic) bond motifs is 1. The van der Waals surface area contributed by atoms with Gasteiger partial charge in [0.2, 0.25) is 0 Å². The van der Waals surface area contributed by atoms with Crippen LogP contribution in [0.3, 0.4) is 0 Å². The summed E-state index contributed by atoms with van der Waals surface area (Å²) in [6, 6.07) is 9.36. The summed E-state index contributed by atoms with van der Waals surface area (Å²) in [5.41, 5.74) is 2.09. The molecule has 0 radical (unpaired) electrons. The number of carbonyl (C=O) groups excluding carboxylic acids is 1. The van der Waals surface area contributed by atoms with Gasteiger partial charge in [0.25, 0.3) is 17.9 Å². The Kier molecular flexibility index (Phi) is 6.40. The number of nitrogens with one attached hydrogen (secondary N) is 2. The lowest BCUT2D eigenvalue weighted by Gasteiger charge is -2.35. The van der Waals surface area contributed by atoms with Crippen LogP contribution in [0.5, 0.6) is 0 Å². The number of nitrogens with zero attached hydrogens (tertiary/aromatic N) is 1. The van der Waals surface area contributed by atoms with Crippen LogP contribution in [0.1, 0.15) is 46.9 Å². The molecule has 2 aromatic carbocycles. The third-order valence-corrected chi connectivity index (χ3v) is 6.14. The van der Waals surface area contributed by atoms with Crippen LogP contribution in [0.4, 0.5) is 17.6 Å². The first-order valence-corrected chi connectivity index (χ1v) is 10.7. The lowest BCUT2D eigenvalue weighted by atomic mass is 9.77. The highest BCUT2D eigenvalue weighted by molar-refractivity contribution is 6.08. The highest BCUT2D eigenvalue weighted by Crippen LogP contribution is 2.38. The second kappa shape index (κ2) is 9.25. The normalized spacial score (nSPS) is 14.8. The van der Waals surface area contributed by atoms with E-state index in [-0.39, 0.29) is 27.9 Å². The molecule has 1 aliphatic carbocycles. The van der Waals surface area contributed by atoms with E-state index in [1.54, 1.807) is 12.1 Å². The molecule has 1 heterocycles. The number of alkyl halides is 2. The van der Waals surface area contributed by atoms with E-state index in [0.717, 1.165) is 30.0 Å². The molecule has 0 spiro atoms. The van der Waals surface area contributed by atoms with E-state index in [0.29, 0.717) is 5.56 Å². The van der Waals surface area contributed by atoms with Crippen molar-refractivity contribution in [2.24, 2.45) is 5.92 Å². The fourth-order valence-corrected chi connectivity index (χ4v) is 4.32. The number of halogens is 4. The molecule has 0 saturated heterocycles. The van der Waals surface area contributed by atoms with Gasteiger partial charge < -0.3 is 10.7 Å². The van der Waals surface area contributed by atoms with Crippen LogP contribution >= 0.6 is 0 Å². The van der Waals surface area contributed by atoms with Crippen molar-refractivity contribution in [2.75, 3.05) is 12.0 Å². The van der Waals surface area contributed by atoms with Crippen molar-refractivity contribution in [1.82, 2.24) is 9.99 Å². The smallest absolute Gasteiger partial charge is 0.279 e. The molecule has 1 amide bonds. The summed E-state index contributed by atoms with van der Waals surface area (Å²) in [7, 11) is 0. The first-order valence-electron chi connectivity index (χ1n) is 10.7. The average molecular weight is 461 g/mol. The van der Waals surface area contributed by atoms with Gasteiger partial charge in [-0.2, -0.15) is 0 Å². The quantitative estimate of drug-likeness (QED) is 0.503. The monoisotopic (exact) mass is 461 g/mol. The second-order valence-corrected chi connectivity index (χ2v) is 8.21. The SMILES string of the molecule is Cc1c(C(=O)N[C@H](c2cccc(F)c2)C2CCC2)c2cccc(F)c2c(=O)n1NCC(F)F. The average Bonchev–Trinajstić information content (AvgIpc) is 2.71. The van der Waals surface area contributed by atoms with Gasteiger partial charge in [0.15, 0.2) is 0 Å². The zero-order valence-electron chi connectivity index (χ0n) is 17.9. The number of rotatable bonds is 7. The van der Waals surface area contributed by atoms with Crippen molar-refractivity contribution in [2.45, 2.75) is 38.7 Å². The lowest BCUT2D eigenvalue weighted by molar-refractivity contribution is 0.0900. The van der Waals surface area contributed by atoms with Gasteiger partial charge in [-0.05, 0) is 49.4 Å². The lowest BCUT2D eigenvalue weighted by Crippen LogP contribution is -2.39. The predicted molar refractivity (Wildman–Crippen MR) is 117 cm³/mol. The first-order chi connectivity index (χ1) is 15.8. The second-order valence-electron chi connectivity index (χ2n) is 8.21. The topological polar surface area (TPSA) is 63.1 Å². The van der Waals surface area contributed by atoms with Gasteiger partial charge in [-0.3, -0.25) is 9.59 Å². The molecule has 4 rings (SSSR count). The summed E-state index contributed by atoms with van der Waals surface area (Å²) >= 11 is 0. The minimum absolute atomic E-state index is 0.00778. The molecule has 1 fully saturated rings. The van der Waals surface area contributed by atoms with Crippen LogP contribution in [0.2, 0.25) is 0 Å². The zero-order chi connectivity index (χ0) is 23.7. The van der Waals surface area contributed by atoms with Crippen molar-refractivity contribution in [3.05, 3.63) is 81.3 Å². The Hall–Kier alpha value is -3.36. The minimum Gasteiger partial charge on any atom is -0.345 e. The Bertz CT molecular complexity index is 1250. The molecule has 174 valence electrons. The van der Waals surface area contributed by atoms with Gasteiger partial charge in [-0.1, -0.05) is 30.7 Å². The van der Waals surface area contributed by atoms with E-state index >= 15 is 0 Å². The molecule has 1 aromatic heterocycles. The van der Waals surface area contributed by atoms with E-state index < -0.39 is 42.1 Å². The van der Waals surface area contributed by atoms with Gasteiger partial charge in [0.05, 0.1) is 29.2 Å². The molecule has 5 nitrogen and oxygen atoms in total. The highest BCUT2D eigenvalue weighted by Gasteiger charge is 2.32. The number of aromatic nitrogens is 1. The van der Waals surface area contributed by atoms with E-state index in [1.165, 1.54) is 31.2 Å². The Morgan fingerprint density at radius 1 is 1.15 bits per heavy atom. The maximum Gasteiger partial charge on any atom is 0.279 e. The van der Waals surface area contributed by atoms with Crippen molar-refractivity contribution in [1.29, 1.82) is 0 Å². The molecule has 1 saturated carbocycles. The van der Waals surface area contributed by atoms with Gasteiger partial charge in [0, 0.05) is 5.39 Å². The number of carbonyl (C=O) groups is 1. The van der Waals surface area contributed by atoms with Crippen molar-refractivity contribution in [3.8, 4) is 0 Å². The summed E-state index contributed by atoms with van der Waals surface area (Å²) in [6.07, 6.45) is -0.0702. The van der Waals surface area contributed by atoms with Crippen molar-refractivity contribution in [3.63, 3.8) is 0 Å². The number of amides is 1. The van der Waals surface area contributed by atoms with Gasteiger partial charge in [0.1, 0.15) is 11.6 Å². The fraction of sp³-hybridized carbons (Fsp3) is 0.333. The highest BCUT2D eigenvalue weighted by atomic mass is 19.3. The summed E-state index contributed by atoms with van der Waals surface area (Å²) in [5, 5.41) is 2.63. The van der Waals surface area contributed by atoms with Crippen LogP contribution in [0.15, 0.2) is 47.3 Å². The number of hydrogen-bond donors (Lipinski definition) is 2. The van der Waals surface area contributed by atoms with Crippen LogP contribution in [-0.2, 0) is 0 Å². The Labute approximate surface area is 187 Å². The Morgan fingerprint density at radius 3 is 2.52 bits per heavy atom. The van der Waals surface area contributed by atoms with Gasteiger partial charge in [-0.25, -0.2) is 22.2 Å². The predicted octanol–water partition coefficient (Wildman–Crippen LogP) is 4.67. The van der Waals surface area contributed by atoms with E-state index in [9.17, 15) is 27.2 Å². The fourth-order valence-electron chi connectivity index (χ4n) is 4.32. The number of benzene rings is 2. The summed E-state index contributed by atoms with van der Waals surface area (Å²) in [5.74, 6) is -1.79. The molecule has 1 aliphatic rings. The third-order valence-electron chi connectivity index (χ3n) is 6.14. The first kappa shape index (κ1) is 22.8. The maximum atomic E-state index is 14.6. The van der Waals surface area contributed by atoms with Crippen molar-refractivity contribution >= 4 is 16.7 Å². The van der Waals surface area contributed by atoms with Crippen LogP contribution in [0, 0.1) is 24.5 Å². The van der Waals surface area contributed by atoms with Crippen LogP contribution in [0.25, 0.3) is 10.8 Å². The van der Waals surface area contributed by atoms with Crippen LogP contribution < -0.4 is 16.3 Å². The maximum absolute atomic E-state index is 14.6. The largest absolute Gasteiger partial charge is 0.345 e. The minimum atomic E-state index is -2.76. The summed E-state index contributed by atoms with van der Waals surface area (Å²) in [6.45, 7) is 0.579. The summed E-state index contributed by atoms with van der Waals surface area (Å²) in [4.78, 5) is 26.3. The molecule has 0 unspecified atom stereocenters. The van der Waals surface area contributed by atoms with E-state index in [4.69, 9.17) is 0 Å². The molecule has 1 atom stereocenters. The van der Waals surface area contributed by atoms with E-state index in [1.807, 2.05) is 0 Å². The molecule has 2 N–H and O–H groups in total. The molecule has 33 heavy (non-hydrogen) atoms. The standard InChI is InChI=1S/C24H23F4N3O2/c1-13-20(17-9-4-10-18(26)21(17)24(33)31(13)29-12-19(27)28)23(32)30-22(14-5-2-6-14)15-7-3-8-16(25)11-15/h3-4,7-11,14,19,22,29H,2,5-6,12H2,1H3,(H,30,32)/t22-/m0/s1. The molecule has 9 heteroatoms.